The smallest absolute Gasteiger partial charge is 0.305 e. The van der Waals surface area contributed by atoms with Crippen LogP contribution in [0.3, 0.4) is 0 Å². The summed E-state index contributed by atoms with van der Waals surface area (Å²) in [6.45, 7) is 13.6. The number of hydrogen-bond donors (Lipinski definition) is 0. The van der Waals surface area contributed by atoms with E-state index < -0.39 is 0 Å². The van der Waals surface area contributed by atoms with E-state index in [9.17, 15) is 4.79 Å². The SMILES string of the molecule is CC(C)(C)C/C=C\C/C=C\CCCCCCCCCC(=O)OCC(C)(C)C. The van der Waals surface area contributed by atoms with Crippen LogP contribution in [-0.4, -0.2) is 12.6 Å². The summed E-state index contributed by atoms with van der Waals surface area (Å²) in [6.07, 6.45) is 21.7. The molecule has 0 N–H and O–H groups in total. The minimum Gasteiger partial charge on any atom is -0.465 e. The Balaban J connectivity index is 3.36. The molecule has 2 nitrogen and oxygen atoms in total. The quantitative estimate of drug-likeness (QED) is 0.174. The molecule has 158 valence electrons. The second-order valence-corrected chi connectivity index (χ2v) is 10.2. The van der Waals surface area contributed by atoms with Crippen LogP contribution in [0.1, 0.15) is 112 Å². The molecule has 0 aromatic rings. The van der Waals surface area contributed by atoms with Gasteiger partial charge >= 0.3 is 5.97 Å². The predicted molar refractivity (Wildman–Crippen MR) is 119 cm³/mol. The van der Waals surface area contributed by atoms with Crippen molar-refractivity contribution in [1.29, 1.82) is 0 Å². The Morgan fingerprint density at radius 1 is 0.704 bits per heavy atom. The van der Waals surface area contributed by atoms with E-state index in [0.29, 0.717) is 18.4 Å². The fourth-order valence-electron chi connectivity index (χ4n) is 2.61. The first-order valence-corrected chi connectivity index (χ1v) is 11.1. The maximum Gasteiger partial charge on any atom is 0.305 e. The predicted octanol–water partition coefficient (Wildman–Crippen LogP) is 8.03. The van der Waals surface area contributed by atoms with Gasteiger partial charge in [-0.2, -0.15) is 0 Å². The van der Waals surface area contributed by atoms with Crippen molar-refractivity contribution < 1.29 is 9.53 Å². The second-order valence-electron chi connectivity index (χ2n) is 10.2. The van der Waals surface area contributed by atoms with E-state index in [0.717, 1.165) is 25.7 Å². The molecule has 0 spiro atoms. The van der Waals surface area contributed by atoms with Crippen molar-refractivity contribution in [2.75, 3.05) is 6.61 Å². The van der Waals surface area contributed by atoms with Gasteiger partial charge in [-0.3, -0.25) is 4.79 Å². The summed E-state index contributed by atoms with van der Waals surface area (Å²) in [6, 6.07) is 0. The van der Waals surface area contributed by atoms with Crippen molar-refractivity contribution in [3.63, 3.8) is 0 Å². The van der Waals surface area contributed by atoms with E-state index in [1.54, 1.807) is 0 Å². The number of rotatable bonds is 14. The first kappa shape index (κ1) is 26.0. The Morgan fingerprint density at radius 2 is 1.26 bits per heavy atom. The molecule has 0 saturated carbocycles. The van der Waals surface area contributed by atoms with E-state index >= 15 is 0 Å². The van der Waals surface area contributed by atoms with Crippen LogP contribution in [0.15, 0.2) is 24.3 Å². The molecule has 0 amide bonds. The van der Waals surface area contributed by atoms with E-state index in [-0.39, 0.29) is 11.4 Å². The van der Waals surface area contributed by atoms with Gasteiger partial charge in [0.2, 0.25) is 0 Å². The number of carbonyl (C=O) groups excluding carboxylic acids is 1. The third-order valence-electron chi connectivity index (χ3n) is 4.25. The molecule has 0 aliphatic carbocycles. The molecule has 0 aromatic heterocycles. The van der Waals surface area contributed by atoms with E-state index in [1.807, 2.05) is 0 Å². The average Bonchev–Trinajstić information content (AvgIpc) is 2.55. The van der Waals surface area contributed by atoms with Gasteiger partial charge in [0.05, 0.1) is 6.61 Å². The Kier molecular flexibility index (Phi) is 14.4. The van der Waals surface area contributed by atoms with Crippen LogP contribution in [-0.2, 0) is 9.53 Å². The molecule has 0 radical (unpaired) electrons. The monoisotopic (exact) mass is 378 g/mol. The van der Waals surface area contributed by atoms with Crippen molar-refractivity contribution in [3.8, 4) is 0 Å². The third-order valence-corrected chi connectivity index (χ3v) is 4.25. The molecule has 27 heavy (non-hydrogen) atoms. The van der Waals surface area contributed by atoms with Crippen LogP contribution in [0.25, 0.3) is 0 Å². The maximum atomic E-state index is 11.6. The lowest BCUT2D eigenvalue weighted by atomic mass is 9.92. The topological polar surface area (TPSA) is 26.3 Å². The summed E-state index contributed by atoms with van der Waals surface area (Å²) in [7, 11) is 0. The molecule has 0 heterocycles. The molecule has 0 aliphatic heterocycles. The van der Waals surface area contributed by atoms with Crippen molar-refractivity contribution >= 4 is 5.97 Å². The normalized spacial score (nSPS) is 13.0. The summed E-state index contributed by atoms with van der Waals surface area (Å²) in [5, 5.41) is 0. The largest absolute Gasteiger partial charge is 0.465 e. The zero-order valence-electron chi connectivity index (χ0n) is 19.1. The molecule has 0 unspecified atom stereocenters. The van der Waals surface area contributed by atoms with E-state index in [1.165, 1.54) is 38.5 Å². The Hall–Kier alpha value is -1.05. The van der Waals surface area contributed by atoms with Crippen molar-refractivity contribution in [1.82, 2.24) is 0 Å². The van der Waals surface area contributed by atoms with Crippen LogP contribution in [0, 0.1) is 10.8 Å². The van der Waals surface area contributed by atoms with Crippen molar-refractivity contribution in [2.24, 2.45) is 10.8 Å². The number of ether oxygens (including phenoxy) is 1. The minimum atomic E-state index is -0.0371. The van der Waals surface area contributed by atoms with Crippen molar-refractivity contribution in [2.45, 2.75) is 112 Å². The number of carbonyl (C=O) groups is 1. The van der Waals surface area contributed by atoms with Gasteiger partial charge in [-0.25, -0.2) is 0 Å². The molecule has 0 rings (SSSR count). The number of esters is 1. The Bertz CT molecular complexity index is 419. The number of hydrogen-bond acceptors (Lipinski definition) is 2. The third kappa shape index (κ3) is 22.9. The Morgan fingerprint density at radius 3 is 1.85 bits per heavy atom. The van der Waals surface area contributed by atoms with Gasteiger partial charge in [0.15, 0.2) is 0 Å². The van der Waals surface area contributed by atoms with Gasteiger partial charge < -0.3 is 4.74 Å². The standard InChI is InChI=1S/C25H46O2/c1-24(2,3)21-19-17-15-13-11-9-7-8-10-12-14-16-18-20-23(26)27-22-25(4,5)6/h11,13,17,19H,7-10,12,14-16,18,20-22H2,1-6H3/b13-11-,19-17-. The number of allylic oxidation sites excluding steroid dienone is 4. The fraction of sp³-hybridized carbons (Fsp3) is 0.800. The van der Waals surface area contributed by atoms with E-state index in [2.05, 4.69) is 65.8 Å². The molecule has 0 atom stereocenters. The fourth-order valence-corrected chi connectivity index (χ4v) is 2.61. The van der Waals surface area contributed by atoms with Gasteiger partial charge in [-0.05, 0) is 42.9 Å². The molecular weight excluding hydrogens is 332 g/mol. The highest BCUT2D eigenvalue weighted by molar-refractivity contribution is 5.69. The lowest BCUT2D eigenvalue weighted by molar-refractivity contribution is -0.146. The van der Waals surface area contributed by atoms with Crippen LogP contribution in [0.2, 0.25) is 0 Å². The van der Waals surface area contributed by atoms with Crippen LogP contribution >= 0.6 is 0 Å². The summed E-state index contributed by atoms with van der Waals surface area (Å²) in [5.41, 5.74) is 0.462. The highest BCUT2D eigenvalue weighted by Gasteiger charge is 2.13. The van der Waals surface area contributed by atoms with Gasteiger partial charge in [-0.15, -0.1) is 0 Å². The van der Waals surface area contributed by atoms with Gasteiger partial charge in [0, 0.05) is 6.42 Å². The summed E-state index contributed by atoms with van der Waals surface area (Å²) in [4.78, 5) is 11.6. The lowest BCUT2D eigenvalue weighted by Gasteiger charge is -2.17. The van der Waals surface area contributed by atoms with Gasteiger partial charge in [0.1, 0.15) is 0 Å². The molecule has 0 saturated heterocycles. The summed E-state index contributed by atoms with van der Waals surface area (Å²) < 4.78 is 5.29. The maximum absolute atomic E-state index is 11.6. The molecule has 0 bridgehead atoms. The summed E-state index contributed by atoms with van der Waals surface area (Å²) >= 11 is 0. The number of unbranched alkanes of at least 4 members (excludes halogenated alkanes) is 7. The molecule has 0 aliphatic rings. The zero-order valence-corrected chi connectivity index (χ0v) is 19.1. The molecule has 0 aromatic carbocycles. The first-order chi connectivity index (χ1) is 12.6. The van der Waals surface area contributed by atoms with Crippen LogP contribution in [0.4, 0.5) is 0 Å². The molecule has 2 heteroatoms. The molecular formula is C25H46O2. The van der Waals surface area contributed by atoms with E-state index in [4.69, 9.17) is 4.74 Å². The zero-order chi connectivity index (χ0) is 20.6. The van der Waals surface area contributed by atoms with Crippen LogP contribution in [0.5, 0.6) is 0 Å². The Labute approximate surface area is 169 Å². The van der Waals surface area contributed by atoms with Gasteiger partial charge in [-0.1, -0.05) is 98.0 Å². The van der Waals surface area contributed by atoms with Gasteiger partial charge in [0.25, 0.3) is 0 Å². The minimum absolute atomic E-state index is 0.0371. The average molecular weight is 379 g/mol. The second kappa shape index (κ2) is 14.9. The van der Waals surface area contributed by atoms with Crippen molar-refractivity contribution in [3.05, 3.63) is 24.3 Å². The summed E-state index contributed by atoms with van der Waals surface area (Å²) in [5.74, 6) is -0.0371. The highest BCUT2D eigenvalue weighted by atomic mass is 16.5. The first-order valence-electron chi connectivity index (χ1n) is 11.1. The lowest BCUT2D eigenvalue weighted by Crippen LogP contribution is -2.18. The highest BCUT2D eigenvalue weighted by Crippen LogP contribution is 2.18. The van der Waals surface area contributed by atoms with Crippen LogP contribution < -0.4 is 0 Å². The molecule has 0 fully saturated rings.